The van der Waals surface area contributed by atoms with Gasteiger partial charge in [-0.25, -0.2) is 0 Å². The van der Waals surface area contributed by atoms with Crippen molar-refractivity contribution in [3.05, 3.63) is 59.7 Å². The van der Waals surface area contributed by atoms with Crippen LogP contribution in [-0.2, 0) is 10.1 Å². The highest BCUT2D eigenvalue weighted by Crippen LogP contribution is 2.14. The van der Waals surface area contributed by atoms with Crippen LogP contribution in [0.1, 0.15) is 24.0 Å². The van der Waals surface area contributed by atoms with Crippen LogP contribution in [0.25, 0.3) is 0 Å². The van der Waals surface area contributed by atoms with Crippen LogP contribution < -0.4 is 20.9 Å². The number of hydrogen-bond acceptors (Lipinski definition) is 7. The summed E-state index contributed by atoms with van der Waals surface area (Å²) in [6.07, 6.45) is 1.75. The molecule has 31 heavy (non-hydrogen) atoms. The van der Waals surface area contributed by atoms with E-state index >= 15 is 0 Å². The van der Waals surface area contributed by atoms with E-state index in [1.54, 1.807) is 24.3 Å². The molecule has 2 rings (SSSR count). The van der Waals surface area contributed by atoms with Gasteiger partial charge in [0.2, 0.25) is 0 Å². The van der Waals surface area contributed by atoms with Crippen molar-refractivity contribution in [3.63, 3.8) is 0 Å². The van der Waals surface area contributed by atoms with Crippen LogP contribution in [-0.4, -0.2) is 55.3 Å². The van der Waals surface area contributed by atoms with Gasteiger partial charge in [-0.15, -0.1) is 0 Å². The molecule has 170 valence electrons. The quantitative estimate of drug-likeness (QED) is 0.127. The SMILES string of the molecule is N=C(N)c1ccc(OCCCCOc2ccc(C(=N)N)cc2)cc1.O=S(=O)(O)CCO. The van der Waals surface area contributed by atoms with E-state index in [-0.39, 0.29) is 11.7 Å². The maximum absolute atomic E-state index is 9.63. The number of amidine groups is 2. The summed E-state index contributed by atoms with van der Waals surface area (Å²) in [4.78, 5) is 0. The summed E-state index contributed by atoms with van der Waals surface area (Å²) < 4.78 is 38.3. The molecule has 8 N–H and O–H groups in total. The van der Waals surface area contributed by atoms with Crippen LogP contribution in [0.5, 0.6) is 11.5 Å². The third-order valence-electron chi connectivity index (χ3n) is 3.76. The van der Waals surface area contributed by atoms with Gasteiger partial charge < -0.3 is 26.0 Å². The largest absolute Gasteiger partial charge is 0.494 e. The zero-order valence-electron chi connectivity index (χ0n) is 17.0. The average molecular weight is 453 g/mol. The van der Waals surface area contributed by atoms with E-state index in [0.717, 1.165) is 24.3 Å². The van der Waals surface area contributed by atoms with Crippen molar-refractivity contribution >= 4 is 21.8 Å². The molecule has 0 unspecified atom stereocenters. The highest BCUT2D eigenvalue weighted by atomic mass is 32.2. The molecule has 0 saturated carbocycles. The van der Waals surface area contributed by atoms with E-state index in [1.807, 2.05) is 24.3 Å². The lowest BCUT2D eigenvalue weighted by atomic mass is 10.2. The number of hydrogen-bond donors (Lipinski definition) is 6. The summed E-state index contributed by atoms with van der Waals surface area (Å²) in [5.41, 5.74) is 12.2. The van der Waals surface area contributed by atoms with Crippen molar-refractivity contribution in [2.75, 3.05) is 25.6 Å². The normalized spacial score (nSPS) is 10.5. The van der Waals surface area contributed by atoms with Crippen molar-refractivity contribution in [2.24, 2.45) is 11.5 Å². The number of nitrogens with two attached hydrogens (primary N) is 2. The molecule has 2 aromatic rings. The Kier molecular flexibility index (Phi) is 11.0. The summed E-state index contributed by atoms with van der Waals surface area (Å²) in [7, 11) is -3.92. The summed E-state index contributed by atoms with van der Waals surface area (Å²) in [5.74, 6) is 1.05. The van der Waals surface area contributed by atoms with Crippen LogP contribution in [0.4, 0.5) is 0 Å². The average Bonchev–Trinajstić information content (AvgIpc) is 2.71. The number of nitrogen functional groups attached to an aromatic ring is 2. The lowest BCUT2D eigenvalue weighted by Crippen LogP contribution is -2.10. The van der Waals surface area contributed by atoms with Gasteiger partial charge in [0.15, 0.2) is 0 Å². The number of nitrogens with one attached hydrogen (secondary N) is 2. The maximum Gasteiger partial charge on any atom is 0.267 e. The van der Waals surface area contributed by atoms with Crippen LogP contribution >= 0.6 is 0 Å². The fourth-order valence-corrected chi connectivity index (χ4v) is 2.39. The van der Waals surface area contributed by atoms with Gasteiger partial charge in [-0.1, -0.05) is 0 Å². The first-order valence-corrected chi connectivity index (χ1v) is 10.9. The zero-order valence-corrected chi connectivity index (χ0v) is 17.8. The zero-order chi connectivity index (χ0) is 23.3. The van der Waals surface area contributed by atoms with Crippen LogP contribution in [0.15, 0.2) is 48.5 Å². The molecular formula is C20H28N4O6S. The van der Waals surface area contributed by atoms with Gasteiger partial charge in [-0.3, -0.25) is 15.4 Å². The van der Waals surface area contributed by atoms with Crippen molar-refractivity contribution in [3.8, 4) is 11.5 Å². The van der Waals surface area contributed by atoms with E-state index < -0.39 is 22.5 Å². The molecule has 0 atom stereocenters. The molecule has 2 aromatic carbocycles. The van der Waals surface area contributed by atoms with Gasteiger partial charge in [-0.05, 0) is 61.4 Å². The first kappa shape index (κ1) is 25.9. The highest BCUT2D eigenvalue weighted by molar-refractivity contribution is 7.85. The number of rotatable bonds is 11. The molecule has 10 nitrogen and oxygen atoms in total. The Morgan fingerprint density at radius 2 is 1.16 bits per heavy atom. The van der Waals surface area contributed by atoms with E-state index in [4.69, 9.17) is 41.4 Å². The lowest BCUT2D eigenvalue weighted by molar-refractivity contribution is 0.266. The summed E-state index contributed by atoms with van der Waals surface area (Å²) >= 11 is 0. The number of benzene rings is 2. The second kappa shape index (κ2) is 13.2. The van der Waals surface area contributed by atoms with Crippen molar-refractivity contribution in [2.45, 2.75) is 12.8 Å². The molecule has 0 aliphatic heterocycles. The molecule has 0 heterocycles. The number of aliphatic hydroxyl groups is 1. The molecule has 0 amide bonds. The van der Waals surface area contributed by atoms with E-state index in [1.165, 1.54) is 0 Å². The second-order valence-corrected chi connectivity index (χ2v) is 7.86. The summed E-state index contributed by atoms with van der Waals surface area (Å²) in [6.45, 7) is 0.678. The van der Waals surface area contributed by atoms with Crippen molar-refractivity contribution in [1.29, 1.82) is 10.8 Å². The number of unbranched alkanes of at least 4 members (excludes halogenated alkanes) is 1. The minimum absolute atomic E-state index is 0.0510. The minimum atomic E-state index is -3.92. The van der Waals surface area contributed by atoms with Gasteiger partial charge in [0.25, 0.3) is 10.1 Å². The summed E-state index contributed by atoms with van der Waals surface area (Å²) in [5, 5.41) is 22.5. The molecular weight excluding hydrogens is 424 g/mol. The molecule has 0 aliphatic rings. The molecule has 0 bridgehead atoms. The third-order valence-corrected chi connectivity index (χ3v) is 4.45. The van der Waals surface area contributed by atoms with Gasteiger partial charge in [-0.2, -0.15) is 8.42 Å². The predicted molar refractivity (Wildman–Crippen MR) is 119 cm³/mol. The number of ether oxygens (including phenoxy) is 2. The Morgan fingerprint density at radius 1 is 0.806 bits per heavy atom. The molecule has 11 heteroatoms. The Labute approximate surface area is 181 Å². The van der Waals surface area contributed by atoms with Crippen LogP contribution in [0, 0.1) is 10.8 Å². The monoisotopic (exact) mass is 452 g/mol. The van der Waals surface area contributed by atoms with Gasteiger partial charge in [0, 0.05) is 11.1 Å². The first-order valence-electron chi connectivity index (χ1n) is 9.33. The molecule has 0 aliphatic carbocycles. The van der Waals surface area contributed by atoms with Crippen LogP contribution in [0.3, 0.4) is 0 Å². The van der Waals surface area contributed by atoms with E-state index in [0.29, 0.717) is 24.3 Å². The fourth-order valence-electron chi connectivity index (χ4n) is 2.16. The Bertz CT molecular complexity index is 870. The standard InChI is InChI=1S/C18H22N4O2.C2H6O4S/c19-17(20)13-3-7-15(8-4-13)23-11-1-2-12-24-16-9-5-14(6-10-16)18(21)22;3-1-2-7(4,5)6/h3-10H,1-2,11-12H2,(H3,19,20)(H3,21,22);3H,1-2H2,(H,4,5,6). The molecule has 0 spiro atoms. The number of aliphatic hydroxyl groups excluding tert-OH is 1. The predicted octanol–water partition coefficient (Wildman–Crippen LogP) is 1.36. The fraction of sp³-hybridized carbons (Fsp3) is 0.300. The van der Waals surface area contributed by atoms with Gasteiger partial charge >= 0.3 is 0 Å². The Morgan fingerprint density at radius 3 is 1.39 bits per heavy atom. The lowest BCUT2D eigenvalue weighted by Gasteiger charge is -2.08. The summed E-state index contributed by atoms with van der Waals surface area (Å²) in [6, 6.07) is 14.3. The smallest absolute Gasteiger partial charge is 0.267 e. The maximum atomic E-state index is 9.63. The third kappa shape index (κ3) is 11.6. The van der Waals surface area contributed by atoms with Gasteiger partial charge in [0.1, 0.15) is 23.2 Å². The molecule has 0 aromatic heterocycles. The Balaban J connectivity index is 0.000000592. The van der Waals surface area contributed by atoms with Gasteiger partial charge in [0.05, 0.1) is 25.6 Å². The van der Waals surface area contributed by atoms with E-state index in [2.05, 4.69) is 0 Å². The molecule has 0 saturated heterocycles. The van der Waals surface area contributed by atoms with Crippen molar-refractivity contribution < 1.29 is 27.6 Å². The topological polar surface area (TPSA) is 193 Å². The highest BCUT2D eigenvalue weighted by Gasteiger charge is 2.00. The van der Waals surface area contributed by atoms with E-state index in [9.17, 15) is 8.42 Å². The van der Waals surface area contributed by atoms with Crippen molar-refractivity contribution in [1.82, 2.24) is 0 Å². The minimum Gasteiger partial charge on any atom is -0.494 e. The second-order valence-electron chi connectivity index (χ2n) is 6.29. The Hall–Kier alpha value is -3.15. The van der Waals surface area contributed by atoms with Crippen LogP contribution in [0.2, 0.25) is 0 Å². The molecule has 0 fully saturated rings. The first-order chi connectivity index (χ1) is 14.6. The molecule has 0 radical (unpaired) electrons.